The number of hydrogen-bond acceptors (Lipinski definition) is 8. The molecule has 0 aliphatic carbocycles. The number of anilines is 1. The first-order valence-electron chi connectivity index (χ1n) is 11.0. The third-order valence-corrected chi connectivity index (χ3v) is 5.61. The number of nitrogens with one attached hydrogen (secondary N) is 1. The topological polar surface area (TPSA) is 110 Å². The van der Waals surface area contributed by atoms with E-state index in [1.165, 1.54) is 4.68 Å². The monoisotopic (exact) mass is 485 g/mol. The van der Waals surface area contributed by atoms with Gasteiger partial charge in [-0.2, -0.15) is 5.10 Å². The van der Waals surface area contributed by atoms with Gasteiger partial charge in [0.2, 0.25) is 19.5 Å². The minimum Gasteiger partial charge on any atom is -0.454 e. The number of aromatic nitrogens is 2. The molecule has 10 heteroatoms. The standard InChI is InChI=1S/C26H19N3O7/c1-15-10-24(36-26(31)17-3-9-21-23(12-17)35-14-33-21)29(28-15)19-6-4-18(5-7-19)27-25(30)16-2-8-20-22(11-16)34-13-32-20/h2-12H,13-14H2,1H3,(H,27,30). The molecule has 0 unspecified atom stereocenters. The van der Waals surface area contributed by atoms with E-state index in [4.69, 9.17) is 23.7 Å². The summed E-state index contributed by atoms with van der Waals surface area (Å²) in [5, 5.41) is 7.29. The van der Waals surface area contributed by atoms with Crippen LogP contribution in [0.25, 0.3) is 5.69 Å². The number of rotatable bonds is 5. The van der Waals surface area contributed by atoms with Gasteiger partial charge < -0.3 is 29.0 Å². The van der Waals surface area contributed by atoms with Gasteiger partial charge in [-0.15, -0.1) is 0 Å². The SMILES string of the molecule is Cc1cc(OC(=O)c2ccc3c(c2)OCO3)n(-c2ccc(NC(=O)c3ccc4c(c3)OCO4)cc2)n1. The van der Waals surface area contributed by atoms with Gasteiger partial charge in [0.25, 0.3) is 5.91 Å². The molecule has 0 saturated heterocycles. The molecule has 3 heterocycles. The fraction of sp³-hybridized carbons (Fsp3) is 0.115. The van der Waals surface area contributed by atoms with Crippen molar-refractivity contribution in [1.29, 1.82) is 0 Å². The number of ether oxygens (including phenoxy) is 5. The second-order valence-corrected chi connectivity index (χ2v) is 8.06. The molecule has 4 aromatic rings. The van der Waals surface area contributed by atoms with Crippen molar-refractivity contribution in [2.24, 2.45) is 0 Å². The van der Waals surface area contributed by atoms with Crippen LogP contribution >= 0.6 is 0 Å². The Hall–Kier alpha value is -4.99. The first-order valence-corrected chi connectivity index (χ1v) is 11.0. The molecule has 0 bridgehead atoms. The Bertz CT molecular complexity index is 1490. The minimum atomic E-state index is -0.554. The first kappa shape index (κ1) is 21.5. The Kier molecular flexibility index (Phi) is 5.18. The summed E-state index contributed by atoms with van der Waals surface area (Å²) in [5.74, 6) is 1.64. The zero-order valence-electron chi connectivity index (χ0n) is 19.0. The number of nitrogens with zero attached hydrogens (tertiary/aromatic N) is 2. The van der Waals surface area contributed by atoms with E-state index in [0.29, 0.717) is 51.2 Å². The number of amides is 1. The van der Waals surface area contributed by atoms with Crippen LogP contribution in [-0.4, -0.2) is 35.2 Å². The van der Waals surface area contributed by atoms with E-state index in [0.717, 1.165) is 0 Å². The average molecular weight is 485 g/mol. The van der Waals surface area contributed by atoms with Crippen molar-refractivity contribution in [2.75, 3.05) is 18.9 Å². The molecule has 6 rings (SSSR count). The van der Waals surface area contributed by atoms with E-state index in [1.54, 1.807) is 73.7 Å². The fourth-order valence-corrected chi connectivity index (χ4v) is 3.84. The van der Waals surface area contributed by atoms with Crippen LogP contribution in [0.5, 0.6) is 28.9 Å². The summed E-state index contributed by atoms with van der Waals surface area (Å²) in [6.45, 7) is 2.06. The highest BCUT2D eigenvalue weighted by Gasteiger charge is 2.20. The summed E-state index contributed by atoms with van der Waals surface area (Å²) in [6.07, 6.45) is 0. The van der Waals surface area contributed by atoms with Crippen molar-refractivity contribution < 1.29 is 33.3 Å². The Balaban J connectivity index is 1.17. The largest absolute Gasteiger partial charge is 0.454 e. The number of carbonyl (C=O) groups excluding carboxylic acids is 2. The van der Waals surface area contributed by atoms with Crippen molar-refractivity contribution in [3.8, 4) is 34.6 Å². The normalized spacial score (nSPS) is 12.9. The lowest BCUT2D eigenvalue weighted by Crippen LogP contribution is -2.13. The van der Waals surface area contributed by atoms with Crippen LogP contribution in [0, 0.1) is 6.92 Å². The fourth-order valence-electron chi connectivity index (χ4n) is 3.84. The molecule has 0 radical (unpaired) electrons. The van der Waals surface area contributed by atoms with Crippen molar-refractivity contribution >= 4 is 17.6 Å². The van der Waals surface area contributed by atoms with E-state index < -0.39 is 5.97 Å². The second-order valence-electron chi connectivity index (χ2n) is 8.06. The van der Waals surface area contributed by atoms with Gasteiger partial charge in [-0.3, -0.25) is 4.79 Å². The number of carbonyl (C=O) groups is 2. The van der Waals surface area contributed by atoms with Crippen LogP contribution in [0.15, 0.2) is 66.7 Å². The van der Waals surface area contributed by atoms with Crippen LogP contribution in [-0.2, 0) is 0 Å². The van der Waals surface area contributed by atoms with E-state index in [2.05, 4.69) is 10.4 Å². The van der Waals surface area contributed by atoms with Gasteiger partial charge in [-0.1, -0.05) is 0 Å². The molecular weight excluding hydrogens is 466 g/mol. The third-order valence-electron chi connectivity index (χ3n) is 5.61. The summed E-state index contributed by atoms with van der Waals surface area (Å²) in [5.41, 5.74) is 2.68. The van der Waals surface area contributed by atoms with E-state index in [9.17, 15) is 9.59 Å². The summed E-state index contributed by atoms with van der Waals surface area (Å²) in [4.78, 5) is 25.4. The zero-order valence-corrected chi connectivity index (χ0v) is 19.0. The molecule has 2 aliphatic heterocycles. The maximum absolute atomic E-state index is 12.8. The van der Waals surface area contributed by atoms with Crippen molar-refractivity contribution in [3.63, 3.8) is 0 Å². The Morgan fingerprint density at radius 1 is 0.806 bits per heavy atom. The average Bonchev–Trinajstić information content (AvgIpc) is 3.63. The molecule has 1 N–H and O–H groups in total. The molecule has 10 nitrogen and oxygen atoms in total. The molecular formula is C26H19N3O7. The molecule has 0 atom stereocenters. The van der Waals surface area contributed by atoms with Gasteiger partial charge in [0.1, 0.15) is 0 Å². The van der Waals surface area contributed by atoms with E-state index in [1.807, 2.05) is 0 Å². The maximum atomic E-state index is 12.8. The van der Waals surface area contributed by atoms with E-state index in [-0.39, 0.29) is 25.4 Å². The highest BCUT2D eigenvalue weighted by Crippen LogP contribution is 2.34. The third kappa shape index (κ3) is 4.05. The quantitative estimate of drug-likeness (QED) is 0.421. The molecule has 0 fully saturated rings. The summed E-state index contributed by atoms with van der Waals surface area (Å²) >= 11 is 0. The van der Waals surface area contributed by atoms with Crippen molar-refractivity contribution in [3.05, 3.63) is 83.6 Å². The van der Waals surface area contributed by atoms with Gasteiger partial charge in [-0.25, -0.2) is 9.48 Å². The summed E-state index contributed by atoms with van der Waals surface area (Å²) < 4.78 is 28.4. The Labute approximate surface area is 204 Å². The van der Waals surface area contributed by atoms with Crippen LogP contribution in [0.2, 0.25) is 0 Å². The van der Waals surface area contributed by atoms with Gasteiger partial charge in [0.05, 0.1) is 16.9 Å². The molecule has 0 spiro atoms. The highest BCUT2D eigenvalue weighted by atomic mass is 16.7. The predicted molar refractivity (Wildman–Crippen MR) is 126 cm³/mol. The Morgan fingerprint density at radius 2 is 1.42 bits per heavy atom. The van der Waals surface area contributed by atoms with Crippen LogP contribution in [0.3, 0.4) is 0 Å². The number of fused-ring (bicyclic) bond motifs is 2. The number of esters is 1. The molecule has 0 saturated carbocycles. The molecule has 2 aliphatic rings. The highest BCUT2D eigenvalue weighted by molar-refractivity contribution is 6.04. The van der Waals surface area contributed by atoms with Crippen molar-refractivity contribution in [2.45, 2.75) is 6.92 Å². The lowest BCUT2D eigenvalue weighted by Gasteiger charge is -2.10. The summed E-state index contributed by atoms with van der Waals surface area (Å²) in [7, 11) is 0. The Morgan fingerprint density at radius 3 is 2.11 bits per heavy atom. The number of hydrogen-bond donors (Lipinski definition) is 1. The molecule has 180 valence electrons. The van der Waals surface area contributed by atoms with Gasteiger partial charge in [-0.05, 0) is 67.6 Å². The predicted octanol–water partition coefficient (Wildman–Crippen LogP) is 4.11. The van der Waals surface area contributed by atoms with Crippen LogP contribution < -0.4 is 29.0 Å². The van der Waals surface area contributed by atoms with E-state index >= 15 is 0 Å². The lowest BCUT2D eigenvalue weighted by molar-refractivity contribution is 0.0722. The lowest BCUT2D eigenvalue weighted by atomic mass is 10.2. The summed E-state index contributed by atoms with van der Waals surface area (Å²) in [6, 6.07) is 18.5. The number of aryl methyl sites for hydroxylation is 1. The van der Waals surface area contributed by atoms with Crippen LogP contribution in [0.1, 0.15) is 26.4 Å². The molecule has 1 amide bonds. The second kappa shape index (κ2) is 8.66. The molecule has 3 aromatic carbocycles. The molecule has 1 aromatic heterocycles. The van der Waals surface area contributed by atoms with Gasteiger partial charge in [0, 0.05) is 17.3 Å². The smallest absolute Gasteiger partial charge is 0.344 e. The van der Waals surface area contributed by atoms with Crippen LogP contribution in [0.4, 0.5) is 5.69 Å². The first-order chi connectivity index (χ1) is 17.5. The minimum absolute atomic E-state index is 0.118. The zero-order chi connectivity index (χ0) is 24.6. The van der Waals surface area contributed by atoms with Gasteiger partial charge >= 0.3 is 5.97 Å². The van der Waals surface area contributed by atoms with Crippen molar-refractivity contribution in [1.82, 2.24) is 9.78 Å². The van der Waals surface area contributed by atoms with Gasteiger partial charge in [0.15, 0.2) is 23.0 Å². The number of benzene rings is 3. The molecule has 36 heavy (non-hydrogen) atoms. The maximum Gasteiger partial charge on any atom is 0.344 e.